The average molecular weight is 412 g/mol. The standard InChI is InChI=1S/C18H16BrF2NO3/c19-12-5-6-16-13(10-12)14(7-8-24-16)22-17(23)9-11-3-1-2-4-15(11)25-18(20)21/h1-6,10,14,18H,7-9H2,(H,22,23). The van der Waals surface area contributed by atoms with E-state index < -0.39 is 6.61 Å². The number of rotatable bonds is 5. The second-order valence-electron chi connectivity index (χ2n) is 5.60. The van der Waals surface area contributed by atoms with Gasteiger partial charge in [0.2, 0.25) is 5.91 Å². The van der Waals surface area contributed by atoms with Crippen molar-refractivity contribution in [2.45, 2.75) is 25.5 Å². The first-order valence-corrected chi connectivity index (χ1v) is 8.56. The average Bonchev–Trinajstić information content (AvgIpc) is 2.57. The number of benzene rings is 2. The van der Waals surface area contributed by atoms with E-state index in [0.717, 1.165) is 15.8 Å². The van der Waals surface area contributed by atoms with Crippen LogP contribution in [0.4, 0.5) is 8.78 Å². The van der Waals surface area contributed by atoms with Crippen LogP contribution >= 0.6 is 15.9 Å². The van der Waals surface area contributed by atoms with Crippen LogP contribution in [-0.2, 0) is 11.2 Å². The van der Waals surface area contributed by atoms with Gasteiger partial charge >= 0.3 is 6.61 Å². The van der Waals surface area contributed by atoms with Gasteiger partial charge in [0.15, 0.2) is 0 Å². The quantitative estimate of drug-likeness (QED) is 0.800. The largest absolute Gasteiger partial charge is 0.493 e. The van der Waals surface area contributed by atoms with Crippen LogP contribution in [0, 0.1) is 0 Å². The highest BCUT2D eigenvalue weighted by molar-refractivity contribution is 9.10. The summed E-state index contributed by atoms with van der Waals surface area (Å²) in [7, 11) is 0. The summed E-state index contributed by atoms with van der Waals surface area (Å²) >= 11 is 3.41. The summed E-state index contributed by atoms with van der Waals surface area (Å²) in [5.74, 6) is 0.493. The molecule has 0 spiro atoms. The molecule has 1 N–H and O–H groups in total. The van der Waals surface area contributed by atoms with Gasteiger partial charge in [-0.05, 0) is 24.3 Å². The number of alkyl halides is 2. The number of carbonyl (C=O) groups is 1. The lowest BCUT2D eigenvalue weighted by atomic mass is 10.00. The molecular formula is C18H16BrF2NO3. The molecule has 132 valence electrons. The zero-order chi connectivity index (χ0) is 17.8. The normalized spacial score (nSPS) is 16.1. The van der Waals surface area contributed by atoms with E-state index >= 15 is 0 Å². The number of ether oxygens (including phenoxy) is 2. The van der Waals surface area contributed by atoms with E-state index in [1.807, 2.05) is 18.2 Å². The van der Waals surface area contributed by atoms with E-state index in [2.05, 4.69) is 26.0 Å². The fourth-order valence-electron chi connectivity index (χ4n) is 2.79. The minimum atomic E-state index is -2.93. The van der Waals surface area contributed by atoms with E-state index in [4.69, 9.17) is 4.74 Å². The maximum atomic E-state index is 12.5. The lowest BCUT2D eigenvalue weighted by Gasteiger charge is -2.27. The Morgan fingerprint density at radius 3 is 2.92 bits per heavy atom. The van der Waals surface area contributed by atoms with Gasteiger partial charge in [0, 0.05) is 22.0 Å². The van der Waals surface area contributed by atoms with Gasteiger partial charge in [0.05, 0.1) is 19.1 Å². The van der Waals surface area contributed by atoms with Gasteiger partial charge in [-0.3, -0.25) is 4.79 Å². The van der Waals surface area contributed by atoms with Gasteiger partial charge < -0.3 is 14.8 Å². The predicted molar refractivity (Wildman–Crippen MR) is 91.9 cm³/mol. The molecule has 0 aliphatic carbocycles. The van der Waals surface area contributed by atoms with Gasteiger partial charge in [-0.2, -0.15) is 8.78 Å². The molecule has 2 aromatic carbocycles. The molecular weight excluding hydrogens is 396 g/mol. The van der Waals surface area contributed by atoms with Gasteiger partial charge in [-0.1, -0.05) is 34.1 Å². The monoisotopic (exact) mass is 411 g/mol. The number of hydrogen-bond donors (Lipinski definition) is 1. The third kappa shape index (κ3) is 4.48. The molecule has 1 heterocycles. The van der Waals surface area contributed by atoms with Crippen molar-refractivity contribution in [1.29, 1.82) is 0 Å². The molecule has 25 heavy (non-hydrogen) atoms. The Kier molecular flexibility index (Phi) is 5.53. The molecule has 3 rings (SSSR count). The lowest BCUT2D eigenvalue weighted by Crippen LogP contribution is -2.33. The molecule has 1 amide bonds. The fourth-order valence-corrected chi connectivity index (χ4v) is 3.17. The minimum absolute atomic E-state index is 0.0165. The Bertz CT molecular complexity index is 770. The Balaban J connectivity index is 1.71. The number of halogens is 3. The molecule has 0 aromatic heterocycles. The first kappa shape index (κ1) is 17.7. The molecule has 7 heteroatoms. The van der Waals surface area contributed by atoms with Crippen molar-refractivity contribution in [3.63, 3.8) is 0 Å². The summed E-state index contributed by atoms with van der Waals surface area (Å²) in [4.78, 5) is 12.4. The molecule has 0 saturated carbocycles. The van der Waals surface area contributed by atoms with Crippen molar-refractivity contribution >= 4 is 21.8 Å². The van der Waals surface area contributed by atoms with Crippen LogP contribution in [0.15, 0.2) is 46.9 Å². The van der Waals surface area contributed by atoms with Crippen LogP contribution in [0.3, 0.4) is 0 Å². The van der Waals surface area contributed by atoms with Crippen LogP contribution < -0.4 is 14.8 Å². The van der Waals surface area contributed by atoms with E-state index in [-0.39, 0.29) is 24.1 Å². The van der Waals surface area contributed by atoms with Crippen LogP contribution in [0.1, 0.15) is 23.6 Å². The minimum Gasteiger partial charge on any atom is -0.493 e. The number of amides is 1. The van der Waals surface area contributed by atoms with Crippen molar-refractivity contribution in [2.24, 2.45) is 0 Å². The zero-order valence-corrected chi connectivity index (χ0v) is 14.8. The highest BCUT2D eigenvalue weighted by atomic mass is 79.9. The highest BCUT2D eigenvalue weighted by Crippen LogP contribution is 2.34. The van der Waals surface area contributed by atoms with Crippen molar-refractivity contribution < 1.29 is 23.0 Å². The smallest absolute Gasteiger partial charge is 0.387 e. The molecule has 2 aromatic rings. The topological polar surface area (TPSA) is 47.6 Å². The first-order chi connectivity index (χ1) is 12.0. The second-order valence-corrected chi connectivity index (χ2v) is 6.52. The van der Waals surface area contributed by atoms with Crippen molar-refractivity contribution in [3.05, 3.63) is 58.1 Å². The summed E-state index contributed by atoms with van der Waals surface area (Å²) in [6.07, 6.45) is 0.605. The van der Waals surface area contributed by atoms with E-state index in [1.165, 1.54) is 6.07 Å². The summed E-state index contributed by atoms with van der Waals surface area (Å²) in [6.45, 7) is -2.42. The first-order valence-electron chi connectivity index (χ1n) is 7.77. The Morgan fingerprint density at radius 2 is 2.12 bits per heavy atom. The molecule has 0 bridgehead atoms. The van der Waals surface area contributed by atoms with Crippen LogP contribution in [0.5, 0.6) is 11.5 Å². The maximum absolute atomic E-state index is 12.5. The Labute approximate surface area is 152 Å². The zero-order valence-electron chi connectivity index (χ0n) is 13.2. The summed E-state index contributed by atoms with van der Waals surface area (Å²) < 4.78 is 35.9. The van der Waals surface area contributed by atoms with Crippen LogP contribution in [0.25, 0.3) is 0 Å². The molecule has 4 nitrogen and oxygen atoms in total. The number of hydrogen-bond acceptors (Lipinski definition) is 3. The van der Waals surface area contributed by atoms with Gasteiger partial charge in [-0.25, -0.2) is 0 Å². The molecule has 0 saturated heterocycles. The number of para-hydroxylation sites is 1. The second kappa shape index (κ2) is 7.82. The third-order valence-electron chi connectivity index (χ3n) is 3.89. The van der Waals surface area contributed by atoms with Crippen molar-refractivity contribution in [1.82, 2.24) is 5.32 Å². The fraction of sp³-hybridized carbons (Fsp3) is 0.278. The SMILES string of the molecule is O=C(Cc1ccccc1OC(F)F)NC1CCOc2ccc(Br)cc21. The van der Waals surface area contributed by atoms with Gasteiger partial charge in [0.1, 0.15) is 11.5 Å². The molecule has 1 aliphatic heterocycles. The molecule has 0 radical (unpaired) electrons. The van der Waals surface area contributed by atoms with Gasteiger partial charge in [-0.15, -0.1) is 0 Å². The molecule has 1 aliphatic rings. The summed E-state index contributed by atoms with van der Waals surface area (Å²) in [6, 6.07) is 11.8. The van der Waals surface area contributed by atoms with E-state index in [0.29, 0.717) is 18.6 Å². The molecule has 0 fully saturated rings. The molecule has 1 unspecified atom stereocenters. The lowest BCUT2D eigenvalue weighted by molar-refractivity contribution is -0.121. The number of carbonyl (C=O) groups excluding carboxylic acids is 1. The van der Waals surface area contributed by atoms with E-state index in [9.17, 15) is 13.6 Å². The predicted octanol–water partition coefficient (Wildman–Crippen LogP) is 4.23. The van der Waals surface area contributed by atoms with E-state index in [1.54, 1.807) is 18.2 Å². The summed E-state index contributed by atoms with van der Waals surface area (Å²) in [5, 5.41) is 2.95. The van der Waals surface area contributed by atoms with Crippen LogP contribution in [-0.4, -0.2) is 19.1 Å². The number of fused-ring (bicyclic) bond motifs is 1. The van der Waals surface area contributed by atoms with Crippen molar-refractivity contribution in [2.75, 3.05) is 6.61 Å². The molecule has 1 atom stereocenters. The number of nitrogens with one attached hydrogen (secondary N) is 1. The Morgan fingerprint density at radius 1 is 1.32 bits per heavy atom. The summed E-state index contributed by atoms with van der Waals surface area (Å²) in [5.41, 5.74) is 1.31. The third-order valence-corrected chi connectivity index (χ3v) is 4.38. The maximum Gasteiger partial charge on any atom is 0.387 e. The van der Waals surface area contributed by atoms with Crippen molar-refractivity contribution in [3.8, 4) is 11.5 Å². The Hall–Kier alpha value is -2.15. The van der Waals surface area contributed by atoms with Crippen LogP contribution in [0.2, 0.25) is 0 Å². The van der Waals surface area contributed by atoms with Gasteiger partial charge in [0.25, 0.3) is 0 Å². The highest BCUT2D eigenvalue weighted by Gasteiger charge is 2.24.